The van der Waals surface area contributed by atoms with E-state index in [0.717, 1.165) is 23.2 Å². The number of benzene rings is 1. The van der Waals surface area contributed by atoms with Gasteiger partial charge in [-0.05, 0) is 46.1 Å². The molecule has 2 amide bonds. The van der Waals surface area contributed by atoms with Gasteiger partial charge in [-0.25, -0.2) is 0 Å². The molecule has 1 aromatic carbocycles. The molecule has 0 saturated heterocycles. The Balaban J connectivity index is 1.61. The molecule has 0 aliphatic carbocycles. The zero-order valence-corrected chi connectivity index (χ0v) is 14.7. The number of carbonyl (C=O) groups excluding carboxylic acids is 2. The highest BCUT2D eigenvalue weighted by atomic mass is 32.2. The summed E-state index contributed by atoms with van der Waals surface area (Å²) in [7, 11) is 1.59. The van der Waals surface area contributed by atoms with Gasteiger partial charge in [0.15, 0.2) is 0 Å². The van der Waals surface area contributed by atoms with E-state index < -0.39 is 11.8 Å². The van der Waals surface area contributed by atoms with Crippen LogP contribution in [0, 0.1) is 0 Å². The lowest BCUT2D eigenvalue weighted by atomic mass is 10.3. The molecule has 3 rings (SSSR count). The van der Waals surface area contributed by atoms with Crippen molar-refractivity contribution in [3.05, 3.63) is 46.7 Å². The number of hydrogen-bond acceptors (Lipinski definition) is 8. The fourth-order valence-corrected chi connectivity index (χ4v) is 3.23. The van der Waals surface area contributed by atoms with Crippen LogP contribution < -0.4 is 10.1 Å². The Morgan fingerprint density at radius 3 is 2.76 bits per heavy atom. The molecule has 0 atom stereocenters. The van der Waals surface area contributed by atoms with Crippen LogP contribution in [0.1, 0.15) is 9.67 Å². The van der Waals surface area contributed by atoms with Crippen LogP contribution in [-0.2, 0) is 4.79 Å². The maximum absolute atomic E-state index is 11.9. The van der Waals surface area contributed by atoms with Gasteiger partial charge in [-0.1, -0.05) is 17.8 Å². The molecule has 0 aliphatic heterocycles. The predicted octanol–water partition coefficient (Wildman–Crippen LogP) is 1.78. The third-order valence-corrected chi connectivity index (χ3v) is 4.88. The first kappa shape index (κ1) is 17.1. The number of tetrazole rings is 1. The van der Waals surface area contributed by atoms with Gasteiger partial charge in [0, 0.05) is 0 Å². The predicted molar refractivity (Wildman–Crippen MR) is 93.2 cm³/mol. The molecule has 3 aromatic rings. The summed E-state index contributed by atoms with van der Waals surface area (Å²) in [5, 5.41) is 16.0. The number of methoxy groups -OCH3 is 1. The number of imide groups is 1. The fraction of sp³-hybridized carbons (Fsp3) is 0.133. The van der Waals surface area contributed by atoms with E-state index in [9.17, 15) is 9.59 Å². The Hall–Kier alpha value is -2.72. The second-order valence-corrected chi connectivity index (χ2v) is 6.60. The average molecular weight is 375 g/mol. The lowest BCUT2D eigenvalue weighted by Gasteiger charge is -2.05. The standard InChI is InChI=1S/C15H13N5O3S2/c1-23-11-6-4-10(5-7-11)20-15(17-18-19-20)25-9-13(21)16-14(22)12-3-2-8-24-12/h2-8H,9H2,1H3,(H,16,21,22). The number of nitrogens with zero attached hydrogens (tertiary/aromatic N) is 4. The number of thioether (sulfide) groups is 1. The number of thiophene rings is 1. The van der Waals surface area contributed by atoms with Gasteiger partial charge in [0.1, 0.15) is 5.75 Å². The maximum Gasteiger partial charge on any atom is 0.267 e. The van der Waals surface area contributed by atoms with Crippen LogP contribution in [-0.4, -0.2) is 44.9 Å². The Bertz CT molecular complexity index is 862. The van der Waals surface area contributed by atoms with Crippen molar-refractivity contribution in [2.45, 2.75) is 5.16 Å². The minimum Gasteiger partial charge on any atom is -0.497 e. The Morgan fingerprint density at radius 1 is 1.28 bits per heavy atom. The van der Waals surface area contributed by atoms with Crippen LogP contribution in [0.5, 0.6) is 5.75 Å². The van der Waals surface area contributed by atoms with Gasteiger partial charge in [0.05, 0.1) is 23.4 Å². The molecule has 8 nitrogen and oxygen atoms in total. The van der Waals surface area contributed by atoms with Crippen LogP contribution >= 0.6 is 23.1 Å². The third-order valence-electron chi connectivity index (χ3n) is 3.09. The Kier molecular flexibility index (Phi) is 5.41. The summed E-state index contributed by atoms with van der Waals surface area (Å²) in [4.78, 5) is 24.3. The van der Waals surface area contributed by atoms with E-state index in [1.54, 1.807) is 48.9 Å². The summed E-state index contributed by atoms with van der Waals surface area (Å²) < 4.78 is 6.63. The highest BCUT2D eigenvalue weighted by Gasteiger charge is 2.14. The van der Waals surface area contributed by atoms with E-state index >= 15 is 0 Å². The normalized spacial score (nSPS) is 10.4. The van der Waals surface area contributed by atoms with E-state index in [0.29, 0.717) is 10.0 Å². The largest absolute Gasteiger partial charge is 0.497 e. The van der Waals surface area contributed by atoms with Crippen molar-refractivity contribution < 1.29 is 14.3 Å². The summed E-state index contributed by atoms with van der Waals surface area (Å²) in [5.41, 5.74) is 0.739. The zero-order valence-electron chi connectivity index (χ0n) is 13.1. The highest BCUT2D eigenvalue weighted by Crippen LogP contribution is 2.20. The molecule has 128 valence electrons. The van der Waals surface area contributed by atoms with Gasteiger partial charge in [-0.2, -0.15) is 4.68 Å². The minimum absolute atomic E-state index is 0.0215. The molecule has 0 unspecified atom stereocenters. The second-order valence-electron chi connectivity index (χ2n) is 4.71. The van der Waals surface area contributed by atoms with Crippen LogP contribution in [0.15, 0.2) is 46.9 Å². The number of hydrogen-bond donors (Lipinski definition) is 1. The maximum atomic E-state index is 11.9. The zero-order chi connectivity index (χ0) is 17.6. The van der Waals surface area contributed by atoms with Gasteiger partial charge in [-0.15, -0.1) is 16.4 Å². The average Bonchev–Trinajstić information content (AvgIpc) is 3.31. The van der Waals surface area contributed by atoms with Crippen molar-refractivity contribution in [2.75, 3.05) is 12.9 Å². The number of ether oxygens (including phenoxy) is 1. The molecular formula is C15H13N5O3S2. The van der Waals surface area contributed by atoms with E-state index in [-0.39, 0.29) is 5.75 Å². The number of aromatic nitrogens is 4. The van der Waals surface area contributed by atoms with Crippen molar-refractivity contribution >= 4 is 34.9 Å². The minimum atomic E-state index is -0.410. The Morgan fingerprint density at radius 2 is 2.08 bits per heavy atom. The first-order valence-electron chi connectivity index (χ1n) is 7.10. The summed E-state index contributed by atoms with van der Waals surface area (Å²) in [6, 6.07) is 10.6. The van der Waals surface area contributed by atoms with Crippen molar-refractivity contribution in [1.82, 2.24) is 25.5 Å². The number of amides is 2. The first-order valence-corrected chi connectivity index (χ1v) is 8.97. The molecule has 1 N–H and O–H groups in total. The quantitative estimate of drug-likeness (QED) is 0.656. The SMILES string of the molecule is COc1ccc(-n2nnnc2SCC(=O)NC(=O)c2cccs2)cc1. The molecule has 2 heterocycles. The Labute approximate surface area is 151 Å². The van der Waals surface area contributed by atoms with Gasteiger partial charge >= 0.3 is 0 Å². The van der Waals surface area contributed by atoms with Crippen LogP contribution in [0.3, 0.4) is 0 Å². The van der Waals surface area contributed by atoms with E-state index in [1.165, 1.54) is 16.0 Å². The van der Waals surface area contributed by atoms with E-state index in [4.69, 9.17) is 4.74 Å². The smallest absolute Gasteiger partial charge is 0.267 e. The molecule has 0 saturated carbocycles. The summed E-state index contributed by atoms with van der Waals surface area (Å²) in [6.45, 7) is 0. The molecule has 0 aliphatic rings. The van der Waals surface area contributed by atoms with Crippen LogP contribution in [0.25, 0.3) is 5.69 Å². The van der Waals surface area contributed by atoms with Crippen molar-refractivity contribution in [3.8, 4) is 11.4 Å². The summed E-state index contributed by atoms with van der Waals surface area (Å²) in [6.07, 6.45) is 0. The van der Waals surface area contributed by atoms with Gasteiger partial charge in [0.2, 0.25) is 11.1 Å². The van der Waals surface area contributed by atoms with E-state index in [2.05, 4.69) is 20.8 Å². The molecule has 0 spiro atoms. The number of rotatable bonds is 6. The lowest BCUT2D eigenvalue weighted by Crippen LogP contribution is -2.31. The second kappa shape index (κ2) is 7.90. The molecule has 25 heavy (non-hydrogen) atoms. The first-order chi connectivity index (χ1) is 12.2. The third kappa shape index (κ3) is 4.22. The summed E-state index contributed by atoms with van der Waals surface area (Å²) in [5.74, 6) is -0.0753. The van der Waals surface area contributed by atoms with Gasteiger partial charge in [-0.3, -0.25) is 14.9 Å². The molecule has 0 fully saturated rings. The molecule has 0 radical (unpaired) electrons. The van der Waals surface area contributed by atoms with Crippen molar-refractivity contribution in [3.63, 3.8) is 0 Å². The van der Waals surface area contributed by atoms with Gasteiger partial charge < -0.3 is 4.74 Å². The summed E-state index contributed by atoms with van der Waals surface area (Å²) >= 11 is 2.41. The van der Waals surface area contributed by atoms with Crippen molar-refractivity contribution in [2.24, 2.45) is 0 Å². The molecular weight excluding hydrogens is 362 g/mol. The number of carbonyl (C=O) groups is 2. The highest BCUT2D eigenvalue weighted by molar-refractivity contribution is 7.99. The van der Waals surface area contributed by atoms with E-state index in [1.807, 2.05) is 0 Å². The molecule has 2 aromatic heterocycles. The number of nitrogens with one attached hydrogen (secondary N) is 1. The molecule has 0 bridgehead atoms. The monoisotopic (exact) mass is 375 g/mol. The van der Waals surface area contributed by atoms with Crippen LogP contribution in [0.4, 0.5) is 0 Å². The molecule has 10 heteroatoms. The van der Waals surface area contributed by atoms with Gasteiger partial charge in [0.25, 0.3) is 5.91 Å². The van der Waals surface area contributed by atoms with Crippen molar-refractivity contribution in [1.29, 1.82) is 0 Å². The topological polar surface area (TPSA) is 99.0 Å². The van der Waals surface area contributed by atoms with Crippen LogP contribution in [0.2, 0.25) is 0 Å². The lowest BCUT2D eigenvalue weighted by molar-refractivity contribution is -0.117. The fourth-order valence-electron chi connectivity index (χ4n) is 1.92.